The summed E-state index contributed by atoms with van der Waals surface area (Å²) in [4.78, 5) is 22.0. The predicted molar refractivity (Wildman–Crippen MR) is 81.8 cm³/mol. The van der Waals surface area contributed by atoms with E-state index in [1.807, 2.05) is 6.92 Å². The molecule has 0 spiro atoms. The Labute approximate surface area is 129 Å². The van der Waals surface area contributed by atoms with Crippen molar-refractivity contribution in [3.63, 3.8) is 0 Å². The maximum atomic E-state index is 11.7. The zero-order valence-electron chi connectivity index (χ0n) is 12.6. The van der Waals surface area contributed by atoms with Crippen LogP contribution in [0.5, 0.6) is 0 Å². The van der Waals surface area contributed by atoms with Crippen molar-refractivity contribution < 1.29 is 14.5 Å². The van der Waals surface area contributed by atoms with Gasteiger partial charge in [-0.25, -0.2) is 4.79 Å². The summed E-state index contributed by atoms with van der Waals surface area (Å²) in [6, 6.07) is 6.17. The van der Waals surface area contributed by atoms with Crippen LogP contribution in [0.25, 0.3) is 0 Å². The molecule has 120 valence electrons. The number of hydrogen-bond donors (Lipinski definition) is 2. The summed E-state index contributed by atoms with van der Waals surface area (Å²) in [5.74, 6) is 0. The molecule has 1 fully saturated rings. The molecule has 2 rings (SSSR count). The molecule has 1 atom stereocenters. The Hall–Kier alpha value is -2.15. The molecule has 2 amide bonds. The lowest BCUT2D eigenvalue weighted by atomic mass is 10.0. The average molecular weight is 307 g/mol. The number of nitrogens with zero attached hydrogens (tertiary/aromatic N) is 1. The molecule has 2 N–H and O–H groups in total. The number of ether oxygens (including phenoxy) is 1. The van der Waals surface area contributed by atoms with E-state index in [0.717, 1.165) is 25.0 Å². The Morgan fingerprint density at radius 1 is 1.45 bits per heavy atom. The highest BCUT2D eigenvalue weighted by atomic mass is 16.6. The number of nitro benzene ring substituents is 1. The number of urea groups is 1. The number of amides is 2. The third-order valence-corrected chi connectivity index (χ3v) is 3.74. The lowest BCUT2D eigenvalue weighted by molar-refractivity contribution is -0.384. The minimum absolute atomic E-state index is 0.0632. The first-order valence-electron chi connectivity index (χ1n) is 7.37. The smallest absolute Gasteiger partial charge is 0.314 e. The fraction of sp³-hybridized carbons (Fsp3) is 0.533. The molecule has 0 aliphatic carbocycles. The van der Waals surface area contributed by atoms with Gasteiger partial charge in [-0.2, -0.15) is 0 Å². The van der Waals surface area contributed by atoms with Gasteiger partial charge in [0.2, 0.25) is 0 Å². The minimum atomic E-state index is -0.425. The van der Waals surface area contributed by atoms with Gasteiger partial charge in [-0.3, -0.25) is 10.1 Å². The van der Waals surface area contributed by atoms with Crippen LogP contribution in [0.15, 0.2) is 24.3 Å². The Morgan fingerprint density at radius 3 is 2.95 bits per heavy atom. The lowest BCUT2D eigenvalue weighted by Crippen LogP contribution is -2.44. The number of rotatable bonds is 6. The average Bonchev–Trinajstić information content (AvgIpc) is 2.93. The minimum Gasteiger partial charge on any atom is -0.373 e. The molecule has 0 unspecified atom stereocenters. The maximum Gasteiger partial charge on any atom is 0.314 e. The van der Waals surface area contributed by atoms with Gasteiger partial charge < -0.3 is 15.4 Å². The molecule has 0 saturated carbocycles. The summed E-state index contributed by atoms with van der Waals surface area (Å²) in [5.41, 5.74) is 0.617. The van der Waals surface area contributed by atoms with Crippen molar-refractivity contribution in [1.29, 1.82) is 0 Å². The first-order chi connectivity index (χ1) is 10.5. The predicted octanol–water partition coefficient (Wildman–Crippen LogP) is 2.01. The first-order valence-corrected chi connectivity index (χ1v) is 7.37. The molecule has 0 bridgehead atoms. The highest BCUT2D eigenvalue weighted by molar-refractivity contribution is 5.73. The number of hydrogen-bond acceptors (Lipinski definition) is 4. The fourth-order valence-corrected chi connectivity index (χ4v) is 2.45. The molecular weight excluding hydrogens is 286 g/mol. The van der Waals surface area contributed by atoms with Crippen LogP contribution in [0.3, 0.4) is 0 Å². The SMILES string of the molecule is C[C@]1(CNC(=O)NCCc2cccc([N+](=O)[O-])c2)CCCO1. The van der Waals surface area contributed by atoms with Gasteiger partial charge in [0.1, 0.15) is 0 Å². The summed E-state index contributed by atoms with van der Waals surface area (Å²) >= 11 is 0. The van der Waals surface area contributed by atoms with E-state index in [1.54, 1.807) is 12.1 Å². The van der Waals surface area contributed by atoms with Crippen LogP contribution in [0.1, 0.15) is 25.3 Å². The van der Waals surface area contributed by atoms with Gasteiger partial charge in [-0.1, -0.05) is 12.1 Å². The fourth-order valence-electron chi connectivity index (χ4n) is 2.45. The summed E-state index contributed by atoms with van der Waals surface area (Å²) in [7, 11) is 0. The van der Waals surface area contributed by atoms with Crippen molar-refractivity contribution in [2.75, 3.05) is 19.7 Å². The molecule has 1 aliphatic rings. The number of carbonyl (C=O) groups excluding carboxylic acids is 1. The van der Waals surface area contributed by atoms with E-state index in [0.29, 0.717) is 19.5 Å². The van der Waals surface area contributed by atoms with Crippen LogP contribution in [0.4, 0.5) is 10.5 Å². The second-order valence-corrected chi connectivity index (χ2v) is 5.69. The molecule has 1 aliphatic heterocycles. The molecule has 0 radical (unpaired) electrons. The van der Waals surface area contributed by atoms with Gasteiger partial charge in [0, 0.05) is 31.8 Å². The van der Waals surface area contributed by atoms with E-state index in [2.05, 4.69) is 10.6 Å². The second kappa shape index (κ2) is 7.22. The Kier molecular flexibility index (Phi) is 5.32. The van der Waals surface area contributed by atoms with E-state index in [-0.39, 0.29) is 17.3 Å². The third kappa shape index (κ3) is 4.70. The van der Waals surface area contributed by atoms with Crippen molar-refractivity contribution in [2.45, 2.75) is 31.8 Å². The summed E-state index contributed by atoms with van der Waals surface area (Å²) < 4.78 is 5.59. The Bertz CT molecular complexity index is 541. The van der Waals surface area contributed by atoms with Crippen LogP contribution >= 0.6 is 0 Å². The molecule has 7 heteroatoms. The zero-order chi connectivity index (χ0) is 16.0. The van der Waals surface area contributed by atoms with Gasteiger partial charge in [-0.15, -0.1) is 0 Å². The van der Waals surface area contributed by atoms with Crippen LogP contribution in [0, 0.1) is 10.1 Å². The summed E-state index contributed by atoms with van der Waals surface area (Å²) in [5, 5.41) is 16.2. The summed E-state index contributed by atoms with van der Waals surface area (Å²) in [6.07, 6.45) is 2.51. The largest absolute Gasteiger partial charge is 0.373 e. The van der Waals surface area contributed by atoms with Crippen molar-refractivity contribution in [1.82, 2.24) is 10.6 Å². The normalized spacial score (nSPS) is 20.6. The van der Waals surface area contributed by atoms with Gasteiger partial charge in [-0.05, 0) is 31.7 Å². The van der Waals surface area contributed by atoms with Crippen molar-refractivity contribution in [3.8, 4) is 0 Å². The first kappa shape index (κ1) is 16.2. The Morgan fingerprint density at radius 2 is 2.27 bits per heavy atom. The van der Waals surface area contributed by atoms with E-state index in [1.165, 1.54) is 12.1 Å². The Balaban J connectivity index is 1.70. The van der Waals surface area contributed by atoms with Gasteiger partial charge in [0.05, 0.1) is 10.5 Å². The van der Waals surface area contributed by atoms with Crippen LogP contribution in [0.2, 0.25) is 0 Å². The second-order valence-electron chi connectivity index (χ2n) is 5.69. The van der Waals surface area contributed by atoms with Gasteiger partial charge in [0.15, 0.2) is 0 Å². The number of nitro groups is 1. The van der Waals surface area contributed by atoms with E-state index in [4.69, 9.17) is 4.74 Å². The number of non-ortho nitro benzene ring substituents is 1. The van der Waals surface area contributed by atoms with Crippen molar-refractivity contribution >= 4 is 11.7 Å². The lowest BCUT2D eigenvalue weighted by Gasteiger charge is -2.23. The highest BCUT2D eigenvalue weighted by Crippen LogP contribution is 2.23. The van der Waals surface area contributed by atoms with Crippen molar-refractivity contribution in [2.24, 2.45) is 0 Å². The molecule has 0 aromatic heterocycles. The van der Waals surface area contributed by atoms with Crippen LogP contribution < -0.4 is 10.6 Å². The molecule has 1 saturated heterocycles. The molecule has 22 heavy (non-hydrogen) atoms. The zero-order valence-corrected chi connectivity index (χ0v) is 12.6. The van der Waals surface area contributed by atoms with E-state index in [9.17, 15) is 14.9 Å². The number of carbonyl (C=O) groups is 1. The van der Waals surface area contributed by atoms with E-state index < -0.39 is 4.92 Å². The number of nitrogens with one attached hydrogen (secondary N) is 2. The van der Waals surface area contributed by atoms with Gasteiger partial charge >= 0.3 is 6.03 Å². The van der Waals surface area contributed by atoms with Crippen molar-refractivity contribution in [3.05, 3.63) is 39.9 Å². The molecule has 1 aromatic rings. The molecule has 1 aromatic carbocycles. The van der Waals surface area contributed by atoms with Crippen LogP contribution in [-0.4, -0.2) is 36.3 Å². The quantitative estimate of drug-likeness (QED) is 0.621. The molecule has 7 nitrogen and oxygen atoms in total. The summed E-state index contributed by atoms with van der Waals surface area (Å²) in [6.45, 7) is 3.64. The van der Waals surface area contributed by atoms with Crippen LogP contribution in [-0.2, 0) is 11.2 Å². The molecular formula is C15H21N3O4. The standard InChI is InChI=1S/C15H21N3O4/c1-15(7-3-9-22-15)11-17-14(19)16-8-6-12-4-2-5-13(10-12)18(20)21/h2,4-5,10H,3,6-9,11H2,1H3,(H2,16,17,19)/t15-/m1/s1. The monoisotopic (exact) mass is 307 g/mol. The number of benzene rings is 1. The highest BCUT2D eigenvalue weighted by Gasteiger charge is 2.29. The maximum absolute atomic E-state index is 11.7. The van der Waals surface area contributed by atoms with Gasteiger partial charge in [0.25, 0.3) is 5.69 Å². The molecule has 1 heterocycles. The third-order valence-electron chi connectivity index (χ3n) is 3.74. The van der Waals surface area contributed by atoms with E-state index >= 15 is 0 Å². The topological polar surface area (TPSA) is 93.5 Å².